The number of hydrogen-bond acceptors (Lipinski definition) is 5. The van der Waals surface area contributed by atoms with Crippen molar-refractivity contribution < 1.29 is 16.8 Å². The first-order chi connectivity index (χ1) is 8.33. The molecule has 0 aliphatic carbocycles. The summed E-state index contributed by atoms with van der Waals surface area (Å²) in [6, 6.07) is 5.27. The molecular weight excluding hydrogens is 312 g/mol. The monoisotopic (exact) mass is 328 g/mol. The van der Waals surface area contributed by atoms with E-state index >= 15 is 0 Å². The maximum Gasteiger partial charge on any atom is 0.240 e. The first-order valence-electron chi connectivity index (χ1n) is 5.36. The van der Waals surface area contributed by atoms with E-state index in [-0.39, 0.29) is 41.0 Å². The van der Waals surface area contributed by atoms with Crippen LogP contribution in [0.25, 0.3) is 0 Å². The standard InChI is InChI=1S/C10H16N2O4S2.ClH/c1-2-17(13,14)9-4-3-5-10(8-9)18(15,16)12-7-6-11;/h3-5,8,12H,2,6-7,11H2,1H3;1H. The number of rotatable bonds is 6. The highest BCUT2D eigenvalue weighted by molar-refractivity contribution is 7.91. The van der Waals surface area contributed by atoms with Gasteiger partial charge < -0.3 is 5.73 Å². The van der Waals surface area contributed by atoms with Crippen LogP contribution in [0.15, 0.2) is 34.1 Å². The van der Waals surface area contributed by atoms with Gasteiger partial charge in [0.2, 0.25) is 10.0 Å². The third-order valence-electron chi connectivity index (χ3n) is 2.29. The fourth-order valence-corrected chi connectivity index (χ4v) is 3.37. The minimum absolute atomic E-state index is 0. The van der Waals surface area contributed by atoms with Crippen LogP contribution >= 0.6 is 12.4 Å². The molecule has 110 valence electrons. The molecule has 0 amide bonds. The predicted molar refractivity (Wildman–Crippen MR) is 75.7 cm³/mol. The summed E-state index contributed by atoms with van der Waals surface area (Å²) >= 11 is 0. The molecule has 0 spiro atoms. The van der Waals surface area contributed by atoms with E-state index in [1.165, 1.54) is 25.1 Å². The summed E-state index contributed by atoms with van der Waals surface area (Å²) in [5.41, 5.74) is 5.21. The Bertz CT molecular complexity index is 614. The van der Waals surface area contributed by atoms with Crippen molar-refractivity contribution in [2.45, 2.75) is 16.7 Å². The SMILES string of the molecule is CCS(=O)(=O)c1cccc(S(=O)(=O)NCCN)c1.Cl. The van der Waals surface area contributed by atoms with Gasteiger partial charge >= 0.3 is 0 Å². The Morgan fingerprint density at radius 3 is 2.26 bits per heavy atom. The fraction of sp³-hybridized carbons (Fsp3) is 0.400. The number of nitrogens with one attached hydrogen (secondary N) is 1. The molecule has 19 heavy (non-hydrogen) atoms. The van der Waals surface area contributed by atoms with Crippen LogP contribution in [0.2, 0.25) is 0 Å². The van der Waals surface area contributed by atoms with Crippen LogP contribution in [-0.4, -0.2) is 35.7 Å². The lowest BCUT2D eigenvalue weighted by Gasteiger charge is -2.07. The zero-order chi connectivity index (χ0) is 13.8. The van der Waals surface area contributed by atoms with Crippen LogP contribution in [0.4, 0.5) is 0 Å². The van der Waals surface area contributed by atoms with Gasteiger partial charge in [-0.1, -0.05) is 13.0 Å². The van der Waals surface area contributed by atoms with Crippen LogP contribution in [-0.2, 0) is 19.9 Å². The Hall–Kier alpha value is -0.670. The van der Waals surface area contributed by atoms with Crippen molar-refractivity contribution >= 4 is 32.3 Å². The van der Waals surface area contributed by atoms with Gasteiger partial charge in [0.15, 0.2) is 9.84 Å². The van der Waals surface area contributed by atoms with Crippen molar-refractivity contribution in [2.75, 3.05) is 18.8 Å². The molecule has 1 rings (SSSR count). The molecule has 0 aliphatic rings. The molecule has 0 saturated heterocycles. The molecule has 0 aliphatic heterocycles. The maximum absolute atomic E-state index is 11.8. The van der Waals surface area contributed by atoms with Gasteiger partial charge in [-0.2, -0.15) is 0 Å². The van der Waals surface area contributed by atoms with Crippen molar-refractivity contribution in [3.8, 4) is 0 Å². The van der Waals surface area contributed by atoms with Gasteiger partial charge in [-0.05, 0) is 18.2 Å². The van der Waals surface area contributed by atoms with Crippen molar-refractivity contribution in [1.29, 1.82) is 0 Å². The minimum atomic E-state index is -3.71. The Morgan fingerprint density at radius 1 is 1.16 bits per heavy atom. The smallest absolute Gasteiger partial charge is 0.240 e. The van der Waals surface area contributed by atoms with Crippen LogP contribution in [0.3, 0.4) is 0 Å². The largest absolute Gasteiger partial charge is 0.329 e. The number of halogens is 1. The van der Waals surface area contributed by atoms with E-state index < -0.39 is 19.9 Å². The highest BCUT2D eigenvalue weighted by Crippen LogP contribution is 2.16. The summed E-state index contributed by atoms with van der Waals surface area (Å²) < 4.78 is 49.2. The molecule has 0 saturated carbocycles. The summed E-state index contributed by atoms with van der Waals surface area (Å²) in [5.74, 6) is -0.0767. The molecule has 6 nitrogen and oxygen atoms in total. The van der Waals surface area contributed by atoms with Gasteiger partial charge in [-0.3, -0.25) is 0 Å². The molecular formula is C10H17ClN2O4S2. The van der Waals surface area contributed by atoms with E-state index in [1.807, 2.05) is 0 Å². The van der Waals surface area contributed by atoms with Crippen LogP contribution in [0.1, 0.15) is 6.92 Å². The summed E-state index contributed by atoms with van der Waals surface area (Å²) in [6.45, 7) is 1.78. The fourth-order valence-electron chi connectivity index (χ4n) is 1.28. The van der Waals surface area contributed by atoms with Gasteiger partial charge in [0.05, 0.1) is 15.5 Å². The normalized spacial score (nSPS) is 11.9. The number of nitrogens with two attached hydrogens (primary N) is 1. The van der Waals surface area contributed by atoms with E-state index in [1.54, 1.807) is 0 Å². The van der Waals surface area contributed by atoms with Crippen LogP contribution < -0.4 is 10.5 Å². The zero-order valence-corrected chi connectivity index (χ0v) is 12.8. The van der Waals surface area contributed by atoms with E-state index in [0.29, 0.717) is 0 Å². The predicted octanol–water partition coefficient (Wildman–Crippen LogP) is 0.139. The molecule has 0 radical (unpaired) electrons. The van der Waals surface area contributed by atoms with Gasteiger partial charge in [0.1, 0.15) is 0 Å². The Morgan fingerprint density at radius 2 is 1.74 bits per heavy atom. The van der Waals surface area contributed by atoms with Crippen LogP contribution in [0.5, 0.6) is 0 Å². The summed E-state index contributed by atoms with van der Waals surface area (Å²) in [6.07, 6.45) is 0. The second kappa shape index (κ2) is 7.20. The number of sulfonamides is 1. The van der Waals surface area contributed by atoms with Gasteiger partial charge in [0.25, 0.3) is 0 Å². The lowest BCUT2D eigenvalue weighted by molar-refractivity contribution is 0.581. The van der Waals surface area contributed by atoms with Crippen molar-refractivity contribution in [2.24, 2.45) is 5.73 Å². The first kappa shape index (κ1) is 18.3. The molecule has 0 aromatic heterocycles. The Balaban J connectivity index is 0.00000324. The molecule has 0 unspecified atom stereocenters. The third kappa shape index (κ3) is 4.73. The van der Waals surface area contributed by atoms with Crippen molar-refractivity contribution in [3.63, 3.8) is 0 Å². The highest BCUT2D eigenvalue weighted by atomic mass is 35.5. The lowest BCUT2D eigenvalue weighted by Crippen LogP contribution is -2.29. The maximum atomic E-state index is 11.8. The summed E-state index contributed by atoms with van der Waals surface area (Å²) in [4.78, 5) is -0.0777. The first-order valence-corrected chi connectivity index (χ1v) is 8.49. The highest BCUT2D eigenvalue weighted by Gasteiger charge is 2.17. The molecule has 0 atom stereocenters. The minimum Gasteiger partial charge on any atom is -0.329 e. The van der Waals surface area contributed by atoms with Crippen LogP contribution in [0, 0.1) is 0 Å². The molecule has 3 N–H and O–H groups in total. The van der Waals surface area contributed by atoms with Gasteiger partial charge in [0, 0.05) is 13.1 Å². The molecule has 9 heteroatoms. The Labute approximate surface area is 119 Å². The lowest BCUT2D eigenvalue weighted by atomic mass is 10.4. The molecule has 1 aromatic rings. The second-order valence-electron chi connectivity index (χ2n) is 3.56. The van der Waals surface area contributed by atoms with E-state index in [9.17, 15) is 16.8 Å². The van der Waals surface area contributed by atoms with E-state index in [4.69, 9.17) is 5.73 Å². The average Bonchev–Trinajstić information content (AvgIpc) is 2.36. The molecule has 0 fully saturated rings. The average molecular weight is 329 g/mol. The molecule has 0 bridgehead atoms. The van der Waals surface area contributed by atoms with E-state index in [0.717, 1.165) is 6.07 Å². The number of benzene rings is 1. The summed E-state index contributed by atoms with van der Waals surface area (Å²) in [7, 11) is -7.13. The van der Waals surface area contributed by atoms with Crippen molar-refractivity contribution in [3.05, 3.63) is 24.3 Å². The molecule has 1 aromatic carbocycles. The topological polar surface area (TPSA) is 106 Å². The Kier molecular flexibility index (Phi) is 6.95. The quantitative estimate of drug-likeness (QED) is 0.772. The number of hydrogen-bond donors (Lipinski definition) is 2. The second-order valence-corrected chi connectivity index (χ2v) is 7.61. The van der Waals surface area contributed by atoms with Crippen molar-refractivity contribution in [1.82, 2.24) is 4.72 Å². The number of sulfone groups is 1. The summed E-state index contributed by atoms with van der Waals surface area (Å²) in [5, 5.41) is 0. The zero-order valence-electron chi connectivity index (χ0n) is 10.4. The third-order valence-corrected chi connectivity index (χ3v) is 5.48. The molecule has 0 heterocycles. The van der Waals surface area contributed by atoms with Gasteiger partial charge in [-0.15, -0.1) is 12.4 Å². The van der Waals surface area contributed by atoms with E-state index in [2.05, 4.69) is 4.72 Å². The van der Waals surface area contributed by atoms with Gasteiger partial charge in [-0.25, -0.2) is 21.6 Å².